The van der Waals surface area contributed by atoms with Crippen molar-refractivity contribution in [3.63, 3.8) is 0 Å². The van der Waals surface area contributed by atoms with Gasteiger partial charge in [-0.2, -0.15) is 0 Å². The Morgan fingerprint density at radius 1 is 1.10 bits per heavy atom. The lowest BCUT2D eigenvalue weighted by molar-refractivity contribution is -0.139. The number of aromatic amines is 1. The molecule has 2 N–H and O–H groups in total. The van der Waals surface area contributed by atoms with Gasteiger partial charge in [-0.15, -0.1) is 0 Å². The third-order valence-corrected chi connectivity index (χ3v) is 5.81. The monoisotopic (exact) mass is 389 g/mol. The molecule has 4 rings (SSSR count). The second-order valence-electron chi connectivity index (χ2n) is 8.18. The quantitative estimate of drug-likeness (QED) is 0.652. The highest BCUT2D eigenvalue weighted by Gasteiger charge is 2.40. The summed E-state index contributed by atoms with van der Waals surface area (Å²) in [5, 5.41) is 4.14. The third kappa shape index (κ3) is 3.65. The van der Waals surface area contributed by atoms with Crippen molar-refractivity contribution in [3.05, 3.63) is 65.9 Å². The molecule has 0 unspecified atom stereocenters. The molecule has 5 nitrogen and oxygen atoms in total. The molecule has 1 aliphatic heterocycles. The van der Waals surface area contributed by atoms with Gasteiger partial charge in [-0.3, -0.25) is 9.59 Å². The molecule has 1 aromatic heterocycles. The van der Waals surface area contributed by atoms with E-state index in [-0.39, 0.29) is 11.8 Å². The van der Waals surface area contributed by atoms with Gasteiger partial charge in [0.15, 0.2) is 0 Å². The van der Waals surface area contributed by atoms with Crippen LogP contribution in [0.4, 0.5) is 5.69 Å². The van der Waals surface area contributed by atoms with E-state index in [0.717, 1.165) is 29.6 Å². The van der Waals surface area contributed by atoms with Gasteiger partial charge in [-0.05, 0) is 56.4 Å². The van der Waals surface area contributed by atoms with Gasteiger partial charge in [0, 0.05) is 35.9 Å². The van der Waals surface area contributed by atoms with Crippen LogP contribution in [0.3, 0.4) is 0 Å². The Morgan fingerprint density at radius 3 is 2.72 bits per heavy atom. The fourth-order valence-corrected chi connectivity index (χ4v) is 4.05. The third-order valence-electron chi connectivity index (χ3n) is 5.81. The maximum atomic E-state index is 13.3. The normalized spacial score (nSPS) is 13.9. The molecule has 2 amide bonds. The summed E-state index contributed by atoms with van der Waals surface area (Å²) < 4.78 is 0. The molecule has 1 aliphatic rings. The summed E-state index contributed by atoms with van der Waals surface area (Å²) in [4.78, 5) is 31.2. The Kier molecular flexibility index (Phi) is 5.14. The standard InChI is InChI=1S/C24H27N3O2/c1-24(2,23(29)27-15-7-9-17-8-3-6-12-21(17)27)22(28)25-14-13-18-16-26-20-11-5-4-10-19(18)20/h3-6,8,10-12,16,26H,7,9,13-15H2,1-2H3,(H,25,28). The smallest absolute Gasteiger partial charge is 0.242 e. The van der Waals surface area contributed by atoms with Crippen molar-refractivity contribution in [2.75, 3.05) is 18.0 Å². The second kappa shape index (κ2) is 7.74. The van der Waals surface area contributed by atoms with Crippen LogP contribution in [0.15, 0.2) is 54.7 Å². The molecule has 0 atom stereocenters. The van der Waals surface area contributed by atoms with Crippen LogP contribution in [0.1, 0.15) is 31.4 Å². The lowest BCUT2D eigenvalue weighted by atomic mass is 9.88. The van der Waals surface area contributed by atoms with Gasteiger partial charge in [0.05, 0.1) is 0 Å². The summed E-state index contributed by atoms with van der Waals surface area (Å²) in [5.41, 5.74) is 3.24. The highest BCUT2D eigenvalue weighted by atomic mass is 16.2. The summed E-state index contributed by atoms with van der Waals surface area (Å²) in [7, 11) is 0. The lowest BCUT2D eigenvalue weighted by Gasteiger charge is -2.35. The van der Waals surface area contributed by atoms with E-state index < -0.39 is 5.41 Å². The van der Waals surface area contributed by atoms with E-state index in [1.807, 2.05) is 42.6 Å². The van der Waals surface area contributed by atoms with Crippen molar-refractivity contribution in [3.8, 4) is 0 Å². The summed E-state index contributed by atoms with van der Waals surface area (Å²) in [5.74, 6) is -0.375. The van der Waals surface area contributed by atoms with E-state index in [1.165, 1.54) is 10.9 Å². The second-order valence-corrected chi connectivity index (χ2v) is 8.18. The first-order valence-electron chi connectivity index (χ1n) is 10.2. The number of hydrogen-bond acceptors (Lipinski definition) is 2. The molecule has 0 saturated carbocycles. The zero-order valence-electron chi connectivity index (χ0n) is 17.0. The number of aromatic nitrogens is 1. The van der Waals surface area contributed by atoms with Gasteiger partial charge < -0.3 is 15.2 Å². The van der Waals surface area contributed by atoms with Crippen LogP contribution in [0.2, 0.25) is 0 Å². The average Bonchev–Trinajstić information content (AvgIpc) is 3.16. The molecule has 0 spiro atoms. The van der Waals surface area contributed by atoms with Gasteiger partial charge in [0.2, 0.25) is 11.8 Å². The molecular weight excluding hydrogens is 362 g/mol. The van der Waals surface area contributed by atoms with E-state index in [1.54, 1.807) is 18.7 Å². The summed E-state index contributed by atoms with van der Waals surface area (Å²) in [6.07, 6.45) is 4.59. The summed E-state index contributed by atoms with van der Waals surface area (Å²) in [6.45, 7) is 4.58. The number of rotatable bonds is 5. The van der Waals surface area contributed by atoms with Crippen molar-refractivity contribution < 1.29 is 9.59 Å². The number of amides is 2. The molecular formula is C24H27N3O2. The van der Waals surface area contributed by atoms with Crippen LogP contribution in [0.5, 0.6) is 0 Å². The Hall–Kier alpha value is -3.08. The lowest BCUT2D eigenvalue weighted by Crippen LogP contribution is -2.51. The minimum absolute atomic E-state index is 0.144. The van der Waals surface area contributed by atoms with Crippen LogP contribution in [-0.2, 0) is 22.4 Å². The fraction of sp³-hybridized carbons (Fsp3) is 0.333. The minimum Gasteiger partial charge on any atom is -0.361 e. The molecule has 2 aromatic carbocycles. The molecule has 0 saturated heterocycles. The maximum absolute atomic E-state index is 13.3. The number of para-hydroxylation sites is 2. The number of hydrogen-bond donors (Lipinski definition) is 2. The first kappa shape index (κ1) is 19.2. The number of aryl methyl sites for hydroxylation is 1. The SMILES string of the molecule is CC(C)(C(=O)NCCc1c[nH]c2ccccc12)C(=O)N1CCCc2ccccc21. The topological polar surface area (TPSA) is 65.2 Å². The average molecular weight is 389 g/mol. The molecule has 29 heavy (non-hydrogen) atoms. The molecule has 2 heterocycles. The van der Waals surface area contributed by atoms with E-state index >= 15 is 0 Å². The van der Waals surface area contributed by atoms with Gasteiger partial charge in [-0.1, -0.05) is 36.4 Å². The van der Waals surface area contributed by atoms with Crippen molar-refractivity contribution in [1.29, 1.82) is 0 Å². The maximum Gasteiger partial charge on any atom is 0.242 e. The van der Waals surface area contributed by atoms with E-state index in [4.69, 9.17) is 0 Å². The molecule has 0 fully saturated rings. The van der Waals surface area contributed by atoms with E-state index in [2.05, 4.69) is 22.4 Å². The number of H-pyrrole nitrogens is 1. The van der Waals surface area contributed by atoms with Crippen molar-refractivity contribution in [2.45, 2.75) is 33.1 Å². The van der Waals surface area contributed by atoms with Crippen molar-refractivity contribution in [2.24, 2.45) is 5.41 Å². The number of anilines is 1. The predicted molar refractivity (Wildman–Crippen MR) is 116 cm³/mol. The minimum atomic E-state index is -1.12. The first-order valence-corrected chi connectivity index (χ1v) is 10.2. The van der Waals surface area contributed by atoms with Gasteiger partial charge in [-0.25, -0.2) is 0 Å². The van der Waals surface area contributed by atoms with Crippen molar-refractivity contribution in [1.82, 2.24) is 10.3 Å². The Balaban J connectivity index is 1.42. The zero-order chi connectivity index (χ0) is 20.4. The van der Waals surface area contributed by atoms with Crippen LogP contribution < -0.4 is 10.2 Å². The molecule has 5 heteroatoms. The van der Waals surface area contributed by atoms with Gasteiger partial charge in [0.25, 0.3) is 0 Å². The molecule has 3 aromatic rings. The van der Waals surface area contributed by atoms with Crippen LogP contribution in [0.25, 0.3) is 10.9 Å². The number of fused-ring (bicyclic) bond motifs is 2. The summed E-state index contributed by atoms with van der Waals surface area (Å²) in [6, 6.07) is 16.1. The highest BCUT2D eigenvalue weighted by Crippen LogP contribution is 2.31. The summed E-state index contributed by atoms with van der Waals surface area (Å²) >= 11 is 0. The van der Waals surface area contributed by atoms with E-state index in [9.17, 15) is 9.59 Å². The Bertz CT molecular complexity index is 1050. The van der Waals surface area contributed by atoms with E-state index in [0.29, 0.717) is 19.5 Å². The Morgan fingerprint density at radius 2 is 1.86 bits per heavy atom. The van der Waals surface area contributed by atoms with Crippen molar-refractivity contribution >= 4 is 28.4 Å². The first-order chi connectivity index (χ1) is 14.0. The largest absolute Gasteiger partial charge is 0.361 e. The molecule has 150 valence electrons. The molecule has 0 bridgehead atoms. The van der Waals surface area contributed by atoms with Crippen LogP contribution in [0, 0.1) is 5.41 Å². The number of benzene rings is 2. The van der Waals surface area contributed by atoms with Crippen LogP contribution >= 0.6 is 0 Å². The molecule has 0 radical (unpaired) electrons. The zero-order valence-corrected chi connectivity index (χ0v) is 17.0. The number of carbonyl (C=O) groups excluding carboxylic acids is 2. The van der Waals surface area contributed by atoms with Gasteiger partial charge in [0.1, 0.15) is 5.41 Å². The van der Waals surface area contributed by atoms with Gasteiger partial charge >= 0.3 is 0 Å². The Labute approximate surface area is 171 Å². The number of carbonyl (C=O) groups is 2. The predicted octanol–water partition coefficient (Wildman–Crippen LogP) is 3.83. The molecule has 0 aliphatic carbocycles. The van der Waals surface area contributed by atoms with Crippen LogP contribution in [-0.4, -0.2) is 29.9 Å². The number of nitrogens with zero attached hydrogens (tertiary/aromatic N) is 1. The fourth-order valence-electron chi connectivity index (χ4n) is 4.05. The number of nitrogens with one attached hydrogen (secondary N) is 2. The highest BCUT2D eigenvalue weighted by molar-refractivity contribution is 6.11.